The van der Waals surface area contributed by atoms with Crippen LogP contribution < -0.4 is 5.56 Å². The summed E-state index contributed by atoms with van der Waals surface area (Å²) in [4.78, 5) is 31.3. The lowest BCUT2D eigenvalue weighted by atomic mass is 9.98. The van der Waals surface area contributed by atoms with Crippen LogP contribution in [0.25, 0.3) is 4.96 Å². The Kier molecular flexibility index (Phi) is 4.54. The number of piperidine rings is 1. The molecule has 1 saturated heterocycles. The van der Waals surface area contributed by atoms with Crippen LogP contribution in [0, 0.1) is 5.92 Å². The third kappa shape index (κ3) is 3.20. The highest BCUT2D eigenvalue weighted by Crippen LogP contribution is 2.19. The first-order valence-electron chi connectivity index (χ1n) is 7.52. The van der Waals surface area contributed by atoms with E-state index in [-0.39, 0.29) is 17.4 Å². The standard InChI is InChI=1S/C15H19N3O3S/c1-2-21-14(20)11-4-3-5-17(9-11)10-12-8-13(19)18-6-7-22-15(18)16-12/h6-8,11H,2-5,9-10H2,1H3/t11-/m1/s1. The molecule has 0 N–H and O–H groups in total. The lowest BCUT2D eigenvalue weighted by molar-refractivity contribution is -0.150. The maximum Gasteiger partial charge on any atom is 0.310 e. The number of thiazole rings is 1. The predicted molar refractivity (Wildman–Crippen MR) is 84.0 cm³/mol. The number of ether oxygens (including phenoxy) is 1. The second kappa shape index (κ2) is 6.58. The zero-order valence-electron chi connectivity index (χ0n) is 12.5. The molecule has 118 valence electrons. The highest BCUT2D eigenvalue weighted by Gasteiger charge is 2.27. The van der Waals surface area contributed by atoms with E-state index in [9.17, 15) is 9.59 Å². The average molecular weight is 321 g/mol. The van der Waals surface area contributed by atoms with Crippen LogP contribution >= 0.6 is 11.3 Å². The van der Waals surface area contributed by atoms with E-state index >= 15 is 0 Å². The molecule has 2 aromatic rings. The molecule has 0 aliphatic carbocycles. The van der Waals surface area contributed by atoms with E-state index in [2.05, 4.69) is 9.88 Å². The lowest BCUT2D eigenvalue weighted by Crippen LogP contribution is -2.39. The van der Waals surface area contributed by atoms with Crippen molar-refractivity contribution in [1.82, 2.24) is 14.3 Å². The van der Waals surface area contributed by atoms with Crippen LogP contribution in [0.3, 0.4) is 0 Å². The number of hydrogen-bond donors (Lipinski definition) is 0. The fraction of sp³-hybridized carbons (Fsp3) is 0.533. The van der Waals surface area contributed by atoms with Gasteiger partial charge in [0.1, 0.15) is 0 Å². The average Bonchev–Trinajstić information content (AvgIpc) is 2.97. The van der Waals surface area contributed by atoms with Gasteiger partial charge in [0, 0.05) is 30.7 Å². The molecule has 1 atom stereocenters. The topological polar surface area (TPSA) is 63.9 Å². The van der Waals surface area contributed by atoms with Gasteiger partial charge in [-0.3, -0.25) is 18.9 Å². The van der Waals surface area contributed by atoms with Crippen molar-refractivity contribution < 1.29 is 9.53 Å². The fourth-order valence-electron chi connectivity index (χ4n) is 2.85. The highest BCUT2D eigenvalue weighted by molar-refractivity contribution is 7.15. The van der Waals surface area contributed by atoms with Gasteiger partial charge in [0.05, 0.1) is 18.2 Å². The van der Waals surface area contributed by atoms with Crippen molar-refractivity contribution in [2.24, 2.45) is 5.92 Å². The Labute approximate surface area is 132 Å². The number of hydrogen-bond acceptors (Lipinski definition) is 6. The first kappa shape index (κ1) is 15.2. The van der Waals surface area contributed by atoms with Crippen LogP contribution in [-0.2, 0) is 16.1 Å². The summed E-state index contributed by atoms with van der Waals surface area (Å²) in [6, 6.07) is 1.58. The smallest absolute Gasteiger partial charge is 0.310 e. The predicted octanol–water partition coefficient (Wildman–Crippen LogP) is 1.53. The molecule has 3 rings (SSSR count). The Hall–Kier alpha value is -1.73. The van der Waals surface area contributed by atoms with Crippen LogP contribution in [0.5, 0.6) is 0 Å². The summed E-state index contributed by atoms with van der Waals surface area (Å²) in [5, 5.41) is 1.85. The molecule has 0 spiro atoms. The largest absolute Gasteiger partial charge is 0.466 e. The van der Waals surface area contributed by atoms with Crippen molar-refractivity contribution in [2.45, 2.75) is 26.3 Å². The molecule has 1 aliphatic rings. The van der Waals surface area contributed by atoms with Gasteiger partial charge in [-0.2, -0.15) is 0 Å². The molecule has 7 heteroatoms. The zero-order valence-corrected chi connectivity index (χ0v) is 13.3. The van der Waals surface area contributed by atoms with Gasteiger partial charge in [-0.05, 0) is 26.3 Å². The number of aromatic nitrogens is 2. The first-order valence-corrected chi connectivity index (χ1v) is 8.40. The first-order chi connectivity index (χ1) is 10.7. The van der Waals surface area contributed by atoms with Crippen molar-refractivity contribution in [3.05, 3.63) is 33.7 Å². The van der Waals surface area contributed by atoms with Crippen LogP contribution in [0.15, 0.2) is 22.4 Å². The summed E-state index contributed by atoms with van der Waals surface area (Å²) in [6.07, 6.45) is 3.57. The van der Waals surface area contributed by atoms with Crippen molar-refractivity contribution in [1.29, 1.82) is 0 Å². The molecule has 1 aliphatic heterocycles. The number of nitrogens with zero attached hydrogens (tertiary/aromatic N) is 3. The van der Waals surface area contributed by atoms with E-state index in [0.717, 1.165) is 25.1 Å². The van der Waals surface area contributed by atoms with E-state index in [4.69, 9.17) is 4.74 Å². The Morgan fingerprint density at radius 3 is 3.23 bits per heavy atom. The molecular formula is C15H19N3O3S. The lowest BCUT2D eigenvalue weighted by Gasteiger charge is -2.31. The van der Waals surface area contributed by atoms with E-state index in [1.54, 1.807) is 16.7 Å². The second-order valence-corrected chi connectivity index (χ2v) is 6.34. The minimum absolute atomic E-state index is 0.0554. The van der Waals surface area contributed by atoms with Gasteiger partial charge in [-0.1, -0.05) is 0 Å². The molecule has 0 aromatic carbocycles. The number of fused-ring (bicyclic) bond motifs is 1. The van der Waals surface area contributed by atoms with Crippen molar-refractivity contribution in [2.75, 3.05) is 19.7 Å². The molecule has 22 heavy (non-hydrogen) atoms. The summed E-state index contributed by atoms with van der Waals surface area (Å²) in [5.74, 6) is -0.186. The van der Waals surface area contributed by atoms with Gasteiger partial charge in [0.25, 0.3) is 5.56 Å². The van der Waals surface area contributed by atoms with Crippen molar-refractivity contribution >= 4 is 22.3 Å². The minimum Gasteiger partial charge on any atom is -0.466 e. The SMILES string of the molecule is CCOC(=O)[C@@H]1CCCN(Cc2cc(=O)n3ccsc3n2)C1. The van der Waals surface area contributed by atoms with Crippen LogP contribution in [-0.4, -0.2) is 40.0 Å². The van der Waals surface area contributed by atoms with E-state index in [1.165, 1.54) is 11.3 Å². The zero-order chi connectivity index (χ0) is 15.5. The number of likely N-dealkylation sites (tertiary alicyclic amines) is 1. The Morgan fingerprint density at radius 1 is 1.55 bits per heavy atom. The normalized spacial score (nSPS) is 19.4. The maximum atomic E-state index is 12.0. The summed E-state index contributed by atoms with van der Waals surface area (Å²) in [7, 11) is 0. The maximum absolute atomic E-state index is 12.0. The van der Waals surface area contributed by atoms with Crippen molar-refractivity contribution in [3.63, 3.8) is 0 Å². The van der Waals surface area contributed by atoms with Crippen LogP contribution in [0.1, 0.15) is 25.5 Å². The Morgan fingerprint density at radius 2 is 2.41 bits per heavy atom. The second-order valence-electron chi connectivity index (χ2n) is 5.47. The van der Waals surface area contributed by atoms with E-state index in [0.29, 0.717) is 24.7 Å². The van der Waals surface area contributed by atoms with Gasteiger partial charge < -0.3 is 4.74 Å². The summed E-state index contributed by atoms with van der Waals surface area (Å²) >= 11 is 1.45. The van der Waals surface area contributed by atoms with E-state index in [1.807, 2.05) is 12.3 Å². The van der Waals surface area contributed by atoms with Crippen LogP contribution in [0.4, 0.5) is 0 Å². The molecule has 0 bridgehead atoms. The van der Waals surface area contributed by atoms with E-state index < -0.39 is 0 Å². The molecule has 0 amide bonds. The molecular weight excluding hydrogens is 302 g/mol. The van der Waals surface area contributed by atoms with Crippen LogP contribution in [0.2, 0.25) is 0 Å². The summed E-state index contributed by atoms with van der Waals surface area (Å²) < 4.78 is 6.66. The van der Waals surface area contributed by atoms with Gasteiger partial charge in [-0.25, -0.2) is 4.98 Å². The number of rotatable bonds is 4. The molecule has 2 aromatic heterocycles. The van der Waals surface area contributed by atoms with Gasteiger partial charge in [0.15, 0.2) is 4.96 Å². The highest BCUT2D eigenvalue weighted by atomic mass is 32.1. The number of carbonyl (C=O) groups is 1. The number of carbonyl (C=O) groups excluding carboxylic acids is 1. The molecule has 0 saturated carbocycles. The minimum atomic E-state index is -0.117. The molecule has 6 nitrogen and oxygen atoms in total. The monoisotopic (exact) mass is 321 g/mol. The number of esters is 1. The van der Waals surface area contributed by atoms with Gasteiger partial charge >= 0.3 is 5.97 Å². The summed E-state index contributed by atoms with van der Waals surface area (Å²) in [5.41, 5.74) is 0.706. The van der Waals surface area contributed by atoms with Gasteiger partial charge in [-0.15, -0.1) is 11.3 Å². The molecule has 0 unspecified atom stereocenters. The van der Waals surface area contributed by atoms with Gasteiger partial charge in [0.2, 0.25) is 0 Å². The fourth-order valence-corrected chi connectivity index (χ4v) is 3.59. The molecule has 0 radical (unpaired) electrons. The molecule has 3 heterocycles. The molecule has 1 fully saturated rings. The van der Waals surface area contributed by atoms with Crippen molar-refractivity contribution in [3.8, 4) is 0 Å². The third-order valence-electron chi connectivity index (χ3n) is 3.87. The third-order valence-corrected chi connectivity index (χ3v) is 4.62. The summed E-state index contributed by atoms with van der Waals surface area (Å²) in [6.45, 7) is 4.43. The quantitative estimate of drug-likeness (QED) is 0.799. The Balaban J connectivity index is 1.71. The Bertz CT molecular complexity index is 724.